The number of benzene rings is 1. The number of carboxylic acids is 1. The van der Waals surface area contributed by atoms with Gasteiger partial charge in [-0.05, 0) is 26.3 Å². The molecule has 0 aromatic heterocycles. The van der Waals surface area contributed by atoms with Gasteiger partial charge in [-0.2, -0.15) is 0 Å². The van der Waals surface area contributed by atoms with Crippen LogP contribution in [0.2, 0.25) is 0 Å². The lowest BCUT2D eigenvalue weighted by Crippen LogP contribution is -2.45. The summed E-state index contributed by atoms with van der Waals surface area (Å²) < 4.78 is 5.22. The van der Waals surface area contributed by atoms with E-state index in [2.05, 4.69) is 5.32 Å². The minimum atomic E-state index is -0.901. The molecule has 1 heterocycles. The molecule has 126 valence electrons. The molecule has 6 heteroatoms. The van der Waals surface area contributed by atoms with Crippen LogP contribution < -0.4 is 5.32 Å². The Kier molecular flexibility index (Phi) is 5.26. The Bertz CT molecular complexity index is 553. The molecule has 1 saturated heterocycles. The Morgan fingerprint density at radius 3 is 2.48 bits per heavy atom. The van der Waals surface area contributed by atoms with E-state index in [4.69, 9.17) is 4.74 Å². The maximum Gasteiger partial charge on any atom is 0.407 e. The number of rotatable bonds is 4. The molecule has 0 saturated carbocycles. The fourth-order valence-electron chi connectivity index (χ4n) is 2.71. The van der Waals surface area contributed by atoms with E-state index in [9.17, 15) is 14.7 Å². The van der Waals surface area contributed by atoms with Gasteiger partial charge in [0.15, 0.2) is 0 Å². The van der Waals surface area contributed by atoms with Gasteiger partial charge in [0.2, 0.25) is 0 Å². The van der Waals surface area contributed by atoms with Crippen molar-refractivity contribution in [2.45, 2.75) is 39.0 Å². The summed E-state index contributed by atoms with van der Waals surface area (Å²) in [7, 11) is 0. The molecular weight excluding hydrogens is 296 g/mol. The van der Waals surface area contributed by atoms with Gasteiger partial charge in [0.25, 0.3) is 0 Å². The maximum atomic E-state index is 11.9. The Labute approximate surface area is 136 Å². The molecule has 1 fully saturated rings. The molecule has 0 bridgehead atoms. The molecule has 1 amide bonds. The zero-order valence-electron chi connectivity index (χ0n) is 13.8. The third-order valence-corrected chi connectivity index (χ3v) is 3.66. The molecule has 1 aromatic carbocycles. The standard InChI is InChI=1S/C17H24N2O4/c1-17(2,3)23-16(22)18-14-11-19(10-13(14)15(20)21)9-12-7-5-4-6-8-12/h4-8,13-14H,9-11H2,1-3H3,(H,18,22)(H,20,21). The van der Waals surface area contributed by atoms with Crippen molar-refractivity contribution in [3.8, 4) is 0 Å². The molecule has 1 aromatic rings. The maximum absolute atomic E-state index is 11.9. The number of ether oxygens (including phenoxy) is 1. The van der Waals surface area contributed by atoms with Crippen LogP contribution in [0.4, 0.5) is 4.79 Å². The molecule has 2 atom stereocenters. The van der Waals surface area contributed by atoms with Gasteiger partial charge < -0.3 is 15.2 Å². The smallest absolute Gasteiger partial charge is 0.407 e. The summed E-state index contributed by atoms with van der Waals surface area (Å²) in [6, 6.07) is 9.41. The summed E-state index contributed by atoms with van der Waals surface area (Å²) in [5, 5.41) is 12.1. The first-order valence-corrected chi connectivity index (χ1v) is 7.73. The van der Waals surface area contributed by atoms with E-state index in [0.717, 1.165) is 5.56 Å². The number of nitrogens with zero attached hydrogens (tertiary/aromatic N) is 1. The second kappa shape index (κ2) is 7.00. The number of aliphatic carboxylic acids is 1. The van der Waals surface area contributed by atoms with E-state index >= 15 is 0 Å². The van der Waals surface area contributed by atoms with Crippen molar-refractivity contribution >= 4 is 12.1 Å². The molecule has 2 unspecified atom stereocenters. The number of nitrogens with one attached hydrogen (secondary N) is 1. The average Bonchev–Trinajstić information content (AvgIpc) is 2.80. The monoisotopic (exact) mass is 320 g/mol. The quantitative estimate of drug-likeness (QED) is 0.888. The van der Waals surface area contributed by atoms with Crippen molar-refractivity contribution in [3.63, 3.8) is 0 Å². The van der Waals surface area contributed by atoms with Crippen molar-refractivity contribution in [1.82, 2.24) is 10.2 Å². The fourth-order valence-corrected chi connectivity index (χ4v) is 2.71. The first kappa shape index (κ1) is 17.3. The fraction of sp³-hybridized carbons (Fsp3) is 0.529. The number of carbonyl (C=O) groups is 2. The number of carboxylic acid groups (broad SMARTS) is 1. The van der Waals surface area contributed by atoms with Crippen molar-refractivity contribution in [3.05, 3.63) is 35.9 Å². The summed E-state index contributed by atoms with van der Waals surface area (Å²) in [5.41, 5.74) is 0.514. The zero-order chi connectivity index (χ0) is 17.0. The third kappa shape index (κ3) is 5.25. The average molecular weight is 320 g/mol. The van der Waals surface area contributed by atoms with Crippen LogP contribution in [0.5, 0.6) is 0 Å². The predicted octanol–water partition coefficient (Wildman–Crippen LogP) is 2.10. The van der Waals surface area contributed by atoms with E-state index in [1.807, 2.05) is 35.2 Å². The number of carbonyl (C=O) groups excluding carboxylic acids is 1. The highest BCUT2D eigenvalue weighted by atomic mass is 16.6. The minimum Gasteiger partial charge on any atom is -0.481 e. The molecule has 6 nitrogen and oxygen atoms in total. The van der Waals surface area contributed by atoms with Crippen LogP contribution in [0.1, 0.15) is 26.3 Å². The third-order valence-electron chi connectivity index (χ3n) is 3.66. The van der Waals surface area contributed by atoms with Crippen molar-refractivity contribution in [2.24, 2.45) is 5.92 Å². The van der Waals surface area contributed by atoms with Crippen LogP contribution in [0.3, 0.4) is 0 Å². The number of amides is 1. The Balaban J connectivity index is 1.98. The number of likely N-dealkylation sites (tertiary alicyclic amines) is 1. The second-order valence-corrected chi connectivity index (χ2v) is 6.88. The molecule has 1 aliphatic rings. The topological polar surface area (TPSA) is 78.9 Å². The predicted molar refractivity (Wildman–Crippen MR) is 86.0 cm³/mol. The molecule has 0 aliphatic carbocycles. The van der Waals surface area contributed by atoms with Gasteiger partial charge in [-0.25, -0.2) is 4.79 Å². The van der Waals surface area contributed by atoms with E-state index in [-0.39, 0.29) is 0 Å². The number of hydrogen-bond acceptors (Lipinski definition) is 4. The summed E-state index contributed by atoms with van der Waals surface area (Å²) in [5.74, 6) is -1.53. The van der Waals surface area contributed by atoms with Crippen molar-refractivity contribution in [2.75, 3.05) is 13.1 Å². The zero-order valence-corrected chi connectivity index (χ0v) is 13.8. The Morgan fingerprint density at radius 1 is 1.26 bits per heavy atom. The Hall–Kier alpha value is -2.08. The largest absolute Gasteiger partial charge is 0.481 e. The molecule has 2 rings (SSSR count). The summed E-state index contributed by atoms with van der Waals surface area (Å²) in [6.45, 7) is 6.89. The van der Waals surface area contributed by atoms with Gasteiger partial charge in [-0.3, -0.25) is 9.69 Å². The number of alkyl carbamates (subject to hydrolysis) is 1. The van der Waals surface area contributed by atoms with E-state index in [0.29, 0.717) is 19.6 Å². The van der Waals surface area contributed by atoms with Crippen LogP contribution in [-0.4, -0.2) is 46.8 Å². The molecule has 0 spiro atoms. The minimum absolute atomic E-state index is 0.407. The van der Waals surface area contributed by atoms with E-state index in [1.165, 1.54) is 0 Å². The Morgan fingerprint density at radius 2 is 1.91 bits per heavy atom. The lowest BCUT2D eigenvalue weighted by molar-refractivity contribution is -0.141. The first-order valence-electron chi connectivity index (χ1n) is 7.73. The molecular formula is C17H24N2O4. The lowest BCUT2D eigenvalue weighted by atomic mass is 10.0. The van der Waals surface area contributed by atoms with Crippen molar-refractivity contribution < 1.29 is 19.4 Å². The molecule has 2 N–H and O–H groups in total. The van der Waals surface area contributed by atoms with Gasteiger partial charge in [-0.1, -0.05) is 30.3 Å². The van der Waals surface area contributed by atoms with Gasteiger partial charge in [0.05, 0.1) is 12.0 Å². The van der Waals surface area contributed by atoms with Crippen LogP contribution >= 0.6 is 0 Å². The number of hydrogen-bond donors (Lipinski definition) is 2. The van der Waals surface area contributed by atoms with Crippen molar-refractivity contribution in [1.29, 1.82) is 0 Å². The molecule has 23 heavy (non-hydrogen) atoms. The van der Waals surface area contributed by atoms with Gasteiger partial charge in [-0.15, -0.1) is 0 Å². The van der Waals surface area contributed by atoms with Crippen LogP contribution in [-0.2, 0) is 16.1 Å². The highest BCUT2D eigenvalue weighted by molar-refractivity contribution is 5.74. The summed E-state index contributed by atoms with van der Waals surface area (Å²) >= 11 is 0. The van der Waals surface area contributed by atoms with Gasteiger partial charge >= 0.3 is 12.1 Å². The normalized spacial score (nSPS) is 21.9. The summed E-state index contributed by atoms with van der Waals surface area (Å²) in [6.07, 6.45) is -0.574. The highest BCUT2D eigenvalue weighted by Crippen LogP contribution is 2.20. The lowest BCUT2D eigenvalue weighted by Gasteiger charge is -2.23. The van der Waals surface area contributed by atoms with E-state index in [1.54, 1.807) is 20.8 Å². The summed E-state index contributed by atoms with van der Waals surface area (Å²) in [4.78, 5) is 25.4. The van der Waals surface area contributed by atoms with Gasteiger partial charge in [0.1, 0.15) is 5.60 Å². The second-order valence-electron chi connectivity index (χ2n) is 6.88. The van der Waals surface area contributed by atoms with Crippen LogP contribution in [0.15, 0.2) is 30.3 Å². The van der Waals surface area contributed by atoms with Gasteiger partial charge in [0, 0.05) is 19.6 Å². The van der Waals surface area contributed by atoms with E-state index < -0.39 is 29.6 Å². The van der Waals surface area contributed by atoms with Crippen LogP contribution in [0.25, 0.3) is 0 Å². The first-order chi connectivity index (χ1) is 10.7. The molecule has 0 radical (unpaired) electrons. The van der Waals surface area contributed by atoms with Crippen LogP contribution in [0, 0.1) is 5.92 Å². The highest BCUT2D eigenvalue weighted by Gasteiger charge is 2.39. The SMILES string of the molecule is CC(C)(C)OC(=O)NC1CN(Cc2ccccc2)CC1C(=O)O. The molecule has 1 aliphatic heterocycles.